The summed E-state index contributed by atoms with van der Waals surface area (Å²) in [5.74, 6) is 1.66. The predicted octanol–water partition coefficient (Wildman–Crippen LogP) is 6.41. The summed E-state index contributed by atoms with van der Waals surface area (Å²) in [7, 11) is 0. The largest absolute Gasteiger partial charge is 0.456 e. The summed E-state index contributed by atoms with van der Waals surface area (Å²) >= 11 is 13.0. The number of hydrogen-bond donors (Lipinski definition) is 0. The first-order chi connectivity index (χ1) is 9.01. The van der Waals surface area contributed by atoms with E-state index >= 15 is 0 Å². The van der Waals surface area contributed by atoms with Crippen LogP contribution < -0.4 is 4.74 Å². The van der Waals surface area contributed by atoms with Crippen LogP contribution in [0.25, 0.3) is 0 Å². The summed E-state index contributed by atoms with van der Waals surface area (Å²) in [5.41, 5.74) is 3.26. The summed E-state index contributed by atoms with van der Waals surface area (Å²) in [6.07, 6.45) is 0. The lowest BCUT2D eigenvalue weighted by atomic mass is 10.1. The van der Waals surface area contributed by atoms with E-state index in [4.69, 9.17) is 16.3 Å². The van der Waals surface area contributed by atoms with Gasteiger partial charge in [0.2, 0.25) is 0 Å². The molecule has 0 fully saturated rings. The highest BCUT2D eigenvalue weighted by molar-refractivity contribution is 9.10. The lowest BCUT2D eigenvalue weighted by Gasteiger charge is -2.14. The van der Waals surface area contributed by atoms with Gasteiger partial charge in [0.1, 0.15) is 11.5 Å². The first-order valence-corrected chi connectivity index (χ1v) is 8.09. The van der Waals surface area contributed by atoms with Crippen molar-refractivity contribution >= 4 is 43.5 Å². The Labute approximate surface area is 135 Å². The highest BCUT2D eigenvalue weighted by atomic mass is 79.9. The minimum Gasteiger partial charge on any atom is -0.456 e. The van der Waals surface area contributed by atoms with Crippen molar-refractivity contribution in [2.24, 2.45) is 0 Å². The van der Waals surface area contributed by atoms with E-state index in [0.717, 1.165) is 37.5 Å². The van der Waals surface area contributed by atoms with Crippen molar-refractivity contribution < 1.29 is 4.74 Å². The predicted molar refractivity (Wildman–Crippen MR) is 87.8 cm³/mol. The molecule has 1 nitrogen and oxygen atoms in total. The fourth-order valence-electron chi connectivity index (χ4n) is 1.88. The molecule has 0 aliphatic rings. The van der Waals surface area contributed by atoms with Crippen LogP contribution in [0.1, 0.15) is 16.7 Å². The molecule has 0 atom stereocenters. The van der Waals surface area contributed by atoms with Gasteiger partial charge in [0, 0.05) is 10.4 Å². The molecule has 0 aromatic heterocycles. The molecule has 0 saturated carbocycles. The van der Waals surface area contributed by atoms with Crippen LogP contribution in [0.5, 0.6) is 11.5 Å². The smallest absolute Gasteiger partial charge is 0.141 e. The van der Waals surface area contributed by atoms with Gasteiger partial charge < -0.3 is 4.74 Å². The molecule has 4 heteroatoms. The lowest BCUT2D eigenvalue weighted by Crippen LogP contribution is -1.92. The summed E-state index contributed by atoms with van der Waals surface area (Å²) in [4.78, 5) is 0. The average Bonchev–Trinajstić information content (AvgIpc) is 2.35. The van der Waals surface area contributed by atoms with E-state index in [1.165, 1.54) is 5.56 Å². The van der Waals surface area contributed by atoms with Gasteiger partial charge in [-0.05, 0) is 70.7 Å². The number of ether oxygens (including phenoxy) is 1. The highest BCUT2D eigenvalue weighted by Crippen LogP contribution is 2.35. The normalized spacial score (nSPS) is 10.6. The molecule has 19 heavy (non-hydrogen) atoms. The van der Waals surface area contributed by atoms with Gasteiger partial charge in [-0.1, -0.05) is 33.6 Å². The zero-order chi connectivity index (χ0) is 14.0. The van der Waals surface area contributed by atoms with Crippen molar-refractivity contribution in [2.75, 3.05) is 0 Å². The van der Waals surface area contributed by atoms with Gasteiger partial charge in [0.25, 0.3) is 0 Å². The van der Waals surface area contributed by atoms with Crippen LogP contribution in [-0.4, -0.2) is 0 Å². The fraction of sp³-hybridized carbons (Fsp3) is 0.200. The van der Waals surface area contributed by atoms with Gasteiger partial charge in [-0.3, -0.25) is 0 Å². The third kappa shape index (κ3) is 3.53. The molecule has 0 aliphatic carbocycles. The highest BCUT2D eigenvalue weighted by Gasteiger charge is 2.09. The van der Waals surface area contributed by atoms with Crippen LogP contribution in [0, 0.1) is 13.8 Å². The molecule has 2 aromatic rings. The molecule has 0 saturated heterocycles. The van der Waals surface area contributed by atoms with E-state index in [2.05, 4.69) is 31.9 Å². The van der Waals surface area contributed by atoms with Gasteiger partial charge in [-0.25, -0.2) is 0 Å². The molecule has 0 aliphatic heterocycles. The van der Waals surface area contributed by atoms with Crippen molar-refractivity contribution in [2.45, 2.75) is 19.2 Å². The Morgan fingerprint density at radius 2 is 1.74 bits per heavy atom. The van der Waals surface area contributed by atoms with Crippen molar-refractivity contribution in [3.8, 4) is 11.5 Å². The topological polar surface area (TPSA) is 9.23 Å². The molecule has 0 heterocycles. The molecule has 0 unspecified atom stereocenters. The van der Waals surface area contributed by atoms with E-state index in [0.29, 0.717) is 0 Å². The summed E-state index contributed by atoms with van der Waals surface area (Å²) < 4.78 is 6.95. The Morgan fingerprint density at radius 3 is 2.26 bits per heavy atom. The van der Waals surface area contributed by atoms with Gasteiger partial charge in [0.05, 0.1) is 4.47 Å². The monoisotopic (exact) mass is 402 g/mol. The first-order valence-electron chi connectivity index (χ1n) is 5.80. The van der Waals surface area contributed by atoms with Crippen molar-refractivity contribution in [3.05, 3.63) is 56.5 Å². The Balaban J connectivity index is 2.36. The quantitative estimate of drug-likeness (QED) is 0.537. The van der Waals surface area contributed by atoms with Crippen LogP contribution in [0.4, 0.5) is 0 Å². The van der Waals surface area contributed by atoms with E-state index in [9.17, 15) is 0 Å². The van der Waals surface area contributed by atoms with Crippen LogP contribution in [-0.2, 0) is 5.33 Å². The zero-order valence-corrected chi connectivity index (χ0v) is 14.6. The third-order valence-electron chi connectivity index (χ3n) is 2.79. The molecular weight excluding hydrogens is 391 g/mol. The summed E-state index contributed by atoms with van der Waals surface area (Å²) in [6.45, 7) is 3.99. The fourth-order valence-corrected chi connectivity index (χ4v) is 3.06. The van der Waals surface area contributed by atoms with Gasteiger partial charge >= 0.3 is 0 Å². The number of aryl methyl sites for hydroxylation is 2. The van der Waals surface area contributed by atoms with Crippen LogP contribution in [0.2, 0.25) is 5.02 Å². The standard InChI is InChI=1S/C15H13Br2ClO/c1-9-5-12(18)6-10(2)15(9)19-14-4-3-11(8-16)7-13(14)17/h3-7H,8H2,1-2H3. The molecule has 100 valence electrons. The SMILES string of the molecule is Cc1cc(Cl)cc(C)c1Oc1ccc(CBr)cc1Br. The number of alkyl halides is 1. The average molecular weight is 405 g/mol. The lowest BCUT2D eigenvalue weighted by molar-refractivity contribution is 0.472. The second-order valence-corrected chi connectivity index (χ2v) is 6.22. The Hall–Kier alpha value is -0.510. The molecule has 0 radical (unpaired) electrons. The third-order valence-corrected chi connectivity index (χ3v) is 4.27. The zero-order valence-electron chi connectivity index (χ0n) is 10.6. The maximum atomic E-state index is 6.03. The van der Waals surface area contributed by atoms with Gasteiger partial charge in [-0.2, -0.15) is 0 Å². The number of benzene rings is 2. The van der Waals surface area contributed by atoms with Gasteiger partial charge in [0.15, 0.2) is 0 Å². The summed E-state index contributed by atoms with van der Waals surface area (Å²) in [5, 5.41) is 1.56. The van der Waals surface area contributed by atoms with Crippen molar-refractivity contribution in [1.82, 2.24) is 0 Å². The minimum absolute atomic E-state index is 0.732. The first kappa shape index (κ1) is 14.9. The Kier molecular flexibility index (Phi) is 4.93. The van der Waals surface area contributed by atoms with Gasteiger partial charge in [-0.15, -0.1) is 0 Å². The Morgan fingerprint density at radius 1 is 1.11 bits per heavy atom. The molecule has 0 bridgehead atoms. The maximum absolute atomic E-state index is 6.03. The second kappa shape index (κ2) is 6.29. The van der Waals surface area contributed by atoms with Crippen LogP contribution in [0.15, 0.2) is 34.8 Å². The van der Waals surface area contributed by atoms with Crippen LogP contribution in [0.3, 0.4) is 0 Å². The van der Waals surface area contributed by atoms with E-state index in [1.54, 1.807) is 0 Å². The number of hydrogen-bond acceptors (Lipinski definition) is 1. The van der Waals surface area contributed by atoms with E-state index in [-0.39, 0.29) is 0 Å². The Bertz CT molecular complexity index is 588. The molecule has 2 aromatic carbocycles. The molecule has 0 amide bonds. The number of halogens is 3. The molecule has 0 N–H and O–H groups in total. The van der Waals surface area contributed by atoms with Crippen LogP contribution >= 0.6 is 43.5 Å². The van der Waals surface area contributed by atoms with Crippen molar-refractivity contribution in [1.29, 1.82) is 0 Å². The molecule has 0 spiro atoms. The second-order valence-electron chi connectivity index (χ2n) is 4.37. The molecule has 2 rings (SSSR count). The minimum atomic E-state index is 0.732. The maximum Gasteiger partial charge on any atom is 0.141 e. The van der Waals surface area contributed by atoms with E-state index < -0.39 is 0 Å². The molecular formula is C15H13Br2ClO. The van der Waals surface area contributed by atoms with E-state index in [1.807, 2.05) is 44.2 Å². The van der Waals surface area contributed by atoms with Crippen molar-refractivity contribution in [3.63, 3.8) is 0 Å². The number of rotatable bonds is 3. The summed E-state index contributed by atoms with van der Waals surface area (Å²) in [6, 6.07) is 9.86.